The van der Waals surface area contributed by atoms with E-state index in [-0.39, 0.29) is 56.6 Å². The molecule has 1 aromatic rings. The van der Waals surface area contributed by atoms with Gasteiger partial charge in [-0.3, -0.25) is 63.0 Å². The summed E-state index contributed by atoms with van der Waals surface area (Å²) in [6.45, 7) is 20.0. The van der Waals surface area contributed by atoms with E-state index in [1.165, 1.54) is 51.2 Å². The Morgan fingerprint density at radius 2 is 1.22 bits per heavy atom. The number of ether oxygens (including phenoxy) is 2. The largest absolute Gasteiger partial charge is 0.453 e. The number of amides is 12. The number of rotatable bonds is 24. The maximum atomic E-state index is 15.6. The number of esters is 1. The molecule has 0 unspecified atom stereocenters. The minimum Gasteiger partial charge on any atom is -0.453 e. The van der Waals surface area contributed by atoms with E-state index in [4.69, 9.17) is 26.4 Å². The van der Waals surface area contributed by atoms with E-state index >= 15 is 14.4 Å². The van der Waals surface area contributed by atoms with E-state index in [0.29, 0.717) is 0 Å². The van der Waals surface area contributed by atoms with Gasteiger partial charge in [0.1, 0.15) is 60.0 Å². The summed E-state index contributed by atoms with van der Waals surface area (Å²) in [5.41, 5.74) is 9.78. The highest BCUT2D eigenvalue weighted by molar-refractivity contribution is 6.00. The fraction of sp³-hybridized carbons (Fsp3) is 0.688. The third-order valence-electron chi connectivity index (χ3n) is 15.6. The van der Waals surface area contributed by atoms with Crippen molar-refractivity contribution in [1.29, 1.82) is 5.41 Å². The van der Waals surface area contributed by atoms with Crippen LogP contribution < -0.4 is 70.0 Å². The molecule has 552 valence electrons. The van der Waals surface area contributed by atoms with E-state index in [9.17, 15) is 68.4 Å². The molecule has 1 fully saturated rings. The van der Waals surface area contributed by atoms with Gasteiger partial charge in [-0.1, -0.05) is 106 Å². The molecule has 0 spiro atoms. The summed E-state index contributed by atoms with van der Waals surface area (Å²) in [5.74, 6) is -18.0. The number of hydrogen-bond donors (Lipinski definition) is 18. The highest BCUT2D eigenvalue weighted by atomic mass is 16.6. The normalized spacial score (nSPS) is 23.7. The molecule has 2 rings (SSSR count). The first-order chi connectivity index (χ1) is 45.5. The number of primary amides is 1. The van der Waals surface area contributed by atoms with Crippen LogP contribution in [-0.2, 0) is 67.0 Å². The number of nitrogens with one attached hydrogen (secondary N) is 12. The number of nitrogens with two attached hydrogens (primary N) is 2. The first kappa shape index (κ1) is 85.3. The summed E-state index contributed by atoms with van der Waals surface area (Å²) in [4.78, 5) is 187. The second kappa shape index (κ2) is 40.2. The third kappa shape index (κ3) is 28.0. The van der Waals surface area contributed by atoms with Gasteiger partial charge in [0.15, 0.2) is 24.2 Å². The minimum absolute atomic E-state index is 0.000688. The van der Waals surface area contributed by atoms with Gasteiger partial charge in [0.05, 0.1) is 25.4 Å². The molecular formula is C64H107N15O19. The summed E-state index contributed by atoms with van der Waals surface area (Å²) in [7, 11) is 1.34. The molecule has 1 saturated heterocycles. The first-order valence-electron chi connectivity index (χ1n) is 32.8. The topological polar surface area (TPSA) is 533 Å². The Labute approximate surface area is 571 Å². The molecule has 0 radical (unpaired) electrons. The number of cyclic esters (lactones) is 1. The highest BCUT2D eigenvalue weighted by Crippen LogP contribution is 2.25. The SMILES string of the molecule is CC[C@H](C)[C@@H]1NC(=O)[C@@H](CCCNC(=N)N)NC(=O)[C@H](CC(C)C)NC(=O)[C@H]([C@H](O)C(C)C)NC(=O)[C@@H](NC(=O)[C@H](CC(C)C)NC(=O)[C@@H](CC(C)C)N(C)C(=O)OC(C)(C)C)[C@@H](c2ccccc2)OC(=O)[C@H](CO)NC(=O)[C@H]([C@H](O)C(N)=O)NC(=O)CNC(=O)[C@H]([C@H](C)O)NC1=O. The Balaban J connectivity index is 3.19. The van der Waals surface area contributed by atoms with Crippen molar-refractivity contribution in [3.8, 4) is 0 Å². The number of carbonyl (C=O) groups excluding carboxylic acids is 13. The zero-order valence-corrected chi connectivity index (χ0v) is 58.7. The Kier molecular flexibility index (Phi) is 35.0. The van der Waals surface area contributed by atoms with E-state index in [1.54, 1.807) is 76.2 Å². The lowest BCUT2D eigenvalue weighted by Gasteiger charge is -2.34. The smallest absolute Gasteiger partial charge is 0.410 e. The van der Waals surface area contributed by atoms with Gasteiger partial charge in [0.25, 0.3) is 0 Å². The fourth-order valence-corrected chi connectivity index (χ4v) is 10.00. The average Bonchev–Trinajstić information content (AvgIpc) is 0.824. The Bertz CT molecular complexity index is 2910. The van der Waals surface area contributed by atoms with E-state index < -0.39 is 210 Å². The number of guanidine groups is 1. The van der Waals surface area contributed by atoms with Crippen molar-refractivity contribution in [2.75, 3.05) is 26.7 Å². The van der Waals surface area contributed by atoms with Gasteiger partial charge < -0.3 is 99.9 Å². The highest BCUT2D eigenvalue weighted by Gasteiger charge is 2.44. The van der Waals surface area contributed by atoms with Crippen molar-refractivity contribution in [2.24, 2.45) is 41.1 Å². The molecule has 34 nitrogen and oxygen atoms in total. The molecule has 1 aromatic carbocycles. The van der Waals surface area contributed by atoms with Crippen molar-refractivity contribution < 1.29 is 92.2 Å². The van der Waals surface area contributed by atoms with Crippen LogP contribution in [0, 0.1) is 35.0 Å². The molecule has 34 heteroatoms. The van der Waals surface area contributed by atoms with E-state index in [0.717, 1.165) is 11.8 Å². The van der Waals surface area contributed by atoms with E-state index in [2.05, 4.69) is 47.9 Å². The maximum absolute atomic E-state index is 15.6. The van der Waals surface area contributed by atoms with Crippen LogP contribution >= 0.6 is 0 Å². The van der Waals surface area contributed by atoms with Crippen molar-refractivity contribution in [3.05, 3.63) is 35.9 Å². The van der Waals surface area contributed by atoms with Gasteiger partial charge in [-0.2, -0.15) is 0 Å². The number of aliphatic hydroxyl groups excluding tert-OH is 4. The van der Waals surface area contributed by atoms with Crippen LogP contribution in [0.15, 0.2) is 30.3 Å². The van der Waals surface area contributed by atoms with Crippen LogP contribution in [0.3, 0.4) is 0 Å². The summed E-state index contributed by atoms with van der Waals surface area (Å²) in [6, 6.07) is -11.4. The van der Waals surface area contributed by atoms with Gasteiger partial charge >= 0.3 is 12.1 Å². The van der Waals surface area contributed by atoms with Crippen LogP contribution in [0.1, 0.15) is 147 Å². The molecule has 1 aliphatic rings. The zero-order valence-electron chi connectivity index (χ0n) is 58.7. The molecule has 0 aromatic heterocycles. The van der Waals surface area contributed by atoms with Gasteiger partial charge in [-0.15, -0.1) is 0 Å². The lowest BCUT2D eigenvalue weighted by Crippen LogP contribution is -2.64. The molecular weight excluding hydrogens is 1280 g/mol. The molecule has 0 aliphatic carbocycles. The Morgan fingerprint density at radius 1 is 0.684 bits per heavy atom. The minimum atomic E-state index is -2.60. The van der Waals surface area contributed by atoms with Gasteiger partial charge in [0, 0.05) is 13.6 Å². The zero-order chi connectivity index (χ0) is 74.8. The van der Waals surface area contributed by atoms with Crippen molar-refractivity contribution in [3.63, 3.8) is 0 Å². The van der Waals surface area contributed by atoms with Gasteiger partial charge in [0.2, 0.25) is 65.0 Å². The van der Waals surface area contributed by atoms with Crippen molar-refractivity contribution >= 4 is 83.0 Å². The van der Waals surface area contributed by atoms with Crippen molar-refractivity contribution in [2.45, 2.75) is 226 Å². The Morgan fingerprint density at radius 3 is 1.74 bits per heavy atom. The molecule has 1 aliphatic heterocycles. The lowest BCUT2D eigenvalue weighted by atomic mass is 9.95. The maximum Gasteiger partial charge on any atom is 0.410 e. The second-order valence-electron chi connectivity index (χ2n) is 27.1. The molecule has 20 N–H and O–H groups in total. The second-order valence-corrected chi connectivity index (χ2v) is 27.1. The van der Waals surface area contributed by atoms with Crippen LogP contribution in [0.4, 0.5) is 4.79 Å². The summed E-state index contributed by atoms with van der Waals surface area (Å²) >= 11 is 0. The van der Waals surface area contributed by atoms with Gasteiger partial charge in [-0.05, 0) is 95.0 Å². The molecule has 1 heterocycles. The Hall–Kier alpha value is -8.76. The summed E-state index contributed by atoms with van der Waals surface area (Å²) in [6.07, 6.45) is -9.34. The lowest BCUT2D eigenvalue weighted by molar-refractivity contribution is -0.159. The molecule has 15 atom stereocenters. The number of aliphatic hydroxyl groups is 4. The molecule has 12 amide bonds. The van der Waals surface area contributed by atoms with Gasteiger partial charge in [-0.25, -0.2) is 9.59 Å². The standard InChI is InChI=1S/C64H107N15O19/c1-16-34(10)43-57(91)76-44(35(11)81)56(90)69-28-42(82)74-46(49(84)51(65)85)59(93)73-40(29-80)61(95)97-50(36-21-18-17-19-22-36)47(78-54(88)39(26-31(4)5)71-55(89)41(27-32(6)7)79(15)63(96)98-64(12,13)14)60(94)77-45(48(83)33(8)9)58(92)72-38(25-30(2)3)53(87)70-37(52(86)75-43)23-20-24-68-62(66)67/h17-19,21-22,30-35,37-41,43-50,80-81,83-84H,16,20,23-29H2,1-15H3,(H2,65,85)(H,69,90)(H,70,87)(H,71,89)(H,72,92)(H,73,93)(H,74,82)(H,75,86)(H,76,91)(H,77,94)(H,78,88)(H4,66,67,68)/t34-,35-,37+,38-,39-,40-,41+,43-,44-,45-,46-,47-,48+,49-,50+/m0/s1. The first-order valence-corrected chi connectivity index (χ1v) is 32.8. The van der Waals surface area contributed by atoms with Crippen LogP contribution in [-0.4, -0.2) is 219 Å². The number of benzene rings is 1. The number of nitrogens with zero attached hydrogens (tertiary/aromatic N) is 1. The van der Waals surface area contributed by atoms with E-state index in [1.807, 2.05) is 10.6 Å². The summed E-state index contributed by atoms with van der Waals surface area (Å²) in [5, 5.41) is 78.7. The summed E-state index contributed by atoms with van der Waals surface area (Å²) < 4.78 is 11.5. The third-order valence-corrected chi connectivity index (χ3v) is 15.6. The fourth-order valence-electron chi connectivity index (χ4n) is 10.00. The van der Waals surface area contributed by atoms with Crippen LogP contribution in [0.2, 0.25) is 0 Å². The quantitative estimate of drug-likeness (QED) is 0.0208. The number of likely N-dealkylation sites (N-methyl/N-ethyl adjacent to an activating group) is 1. The molecule has 98 heavy (non-hydrogen) atoms. The van der Waals surface area contributed by atoms with Crippen LogP contribution in [0.25, 0.3) is 0 Å². The monoisotopic (exact) mass is 1390 g/mol. The predicted molar refractivity (Wildman–Crippen MR) is 355 cm³/mol. The molecule has 0 bridgehead atoms. The number of hydrogen-bond acceptors (Lipinski definition) is 20. The van der Waals surface area contributed by atoms with Crippen LogP contribution in [0.5, 0.6) is 0 Å². The average molecular weight is 1390 g/mol. The number of carbonyl (C=O) groups is 13. The van der Waals surface area contributed by atoms with Crippen molar-refractivity contribution in [1.82, 2.24) is 63.4 Å². The molecule has 0 saturated carbocycles. The predicted octanol–water partition coefficient (Wildman–Crippen LogP) is -3.32.